The summed E-state index contributed by atoms with van der Waals surface area (Å²) in [5, 5.41) is 13.4. The van der Waals surface area contributed by atoms with Crippen molar-refractivity contribution in [3.63, 3.8) is 0 Å². The molecule has 92 valence electrons. The molecule has 0 spiro atoms. The molecule has 0 saturated carbocycles. The van der Waals surface area contributed by atoms with Crippen molar-refractivity contribution < 1.29 is 5.11 Å². The highest BCUT2D eigenvalue weighted by Gasteiger charge is 2.05. The average molecular weight is 242 g/mol. The fraction of sp³-hybridized carbons (Fsp3) is 0.750. The topological polar surface area (TPSA) is 45.2 Å². The lowest BCUT2D eigenvalue weighted by Crippen LogP contribution is -2.22. The zero-order valence-electron chi connectivity index (χ0n) is 10.4. The molecule has 4 heteroatoms. The maximum Gasteiger partial charge on any atom is 0.0930 e. The number of hydrogen-bond donors (Lipinski definition) is 2. The van der Waals surface area contributed by atoms with Crippen molar-refractivity contribution in [2.24, 2.45) is 11.8 Å². The molecule has 0 aromatic carbocycles. The molecule has 0 amide bonds. The number of aliphatic hydroxyl groups is 1. The lowest BCUT2D eigenvalue weighted by atomic mass is 10.1. The summed E-state index contributed by atoms with van der Waals surface area (Å²) in [7, 11) is 0. The highest BCUT2D eigenvalue weighted by Crippen LogP contribution is 2.16. The quantitative estimate of drug-likeness (QED) is 0.769. The minimum Gasteiger partial charge on any atom is -0.396 e. The standard InChI is InChI=1S/C12H22N2OS/c1-9(2)4-12-14-7-11(16-12)6-13-5-10(3)8-15/h7,9-10,13,15H,4-6,8H2,1-3H3. The normalized spacial score (nSPS) is 13.3. The summed E-state index contributed by atoms with van der Waals surface area (Å²) >= 11 is 1.78. The third-order valence-corrected chi connectivity index (χ3v) is 3.31. The second-order valence-corrected chi connectivity index (χ2v) is 5.94. The Morgan fingerprint density at radius 2 is 2.19 bits per heavy atom. The van der Waals surface area contributed by atoms with Gasteiger partial charge in [0.2, 0.25) is 0 Å². The Morgan fingerprint density at radius 1 is 1.44 bits per heavy atom. The van der Waals surface area contributed by atoms with Crippen LogP contribution in [0.4, 0.5) is 0 Å². The summed E-state index contributed by atoms with van der Waals surface area (Å²) in [5.41, 5.74) is 0. The van der Waals surface area contributed by atoms with Crippen LogP contribution in [-0.2, 0) is 13.0 Å². The third-order valence-electron chi connectivity index (χ3n) is 2.29. The van der Waals surface area contributed by atoms with E-state index in [4.69, 9.17) is 5.11 Å². The molecular formula is C12H22N2OS. The fourth-order valence-electron chi connectivity index (χ4n) is 1.38. The molecule has 0 bridgehead atoms. The van der Waals surface area contributed by atoms with Gasteiger partial charge in [-0.25, -0.2) is 4.98 Å². The number of nitrogens with one attached hydrogen (secondary N) is 1. The number of nitrogens with zero attached hydrogens (tertiary/aromatic N) is 1. The fourth-order valence-corrected chi connectivity index (χ4v) is 2.48. The molecule has 16 heavy (non-hydrogen) atoms. The summed E-state index contributed by atoms with van der Waals surface area (Å²) in [5.74, 6) is 0.990. The van der Waals surface area contributed by atoms with Crippen molar-refractivity contribution in [3.05, 3.63) is 16.1 Å². The summed E-state index contributed by atoms with van der Waals surface area (Å²) in [6.07, 6.45) is 3.02. The third kappa shape index (κ3) is 5.05. The molecule has 0 saturated heterocycles. The summed E-state index contributed by atoms with van der Waals surface area (Å²) in [6.45, 7) is 8.41. The second-order valence-electron chi connectivity index (χ2n) is 4.74. The molecule has 0 fully saturated rings. The Kier molecular flexibility index (Phi) is 5.95. The predicted octanol–water partition coefficient (Wildman–Crippen LogP) is 2.06. The van der Waals surface area contributed by atoms with E-state index in [0.717, 1.165) is 19.5 Å². The van der Waals surface area contributed by atoms with E-state index in [-0.39, 0.29) is 6.61 Å². The van der Waals surface area contributed by atoms with Gasteiger partial charge in [-0.3, -0.25) is 0 Å². The van der Waals surface area contributed by atoms with Crippen LogP contribution < -0.4 is 5.32 Å². The lowest BCUT2D eigenvalue weighted by Gasteiger charge is -2.07. The molecule has 1 aromatic heterocycles. The van der Waals surface area contributed by atoms with Gasteiger partial charge in [0.1, 0.15) is 0 Å². The Hall–Kier alpha value is -0.450. The maximum atomic E-state index is 8.89. The van der Waals surface area contributed by atoms with Crippen molar-refractivity contribution in [2.45, 2.75) is 33.7 Å². The first-order valence-corrected chi connectivity index (χ1v) is 6.68. The van der Waals surface area contributed by atoms with E-state index in [1.807, 2.05) is 13.1 Å². The molecule has 0 aliphatic carbocycles. The molecule has 2 N–H and O–H groups in total. The van der Waals surface area contributed by atoms with Gasteiger partial charge in [0.25, 0.3) is 0 Å². The van der Waals surface area contributed by atoms with Crippen molar-refractivity contribution in [1.82, 2.24) is 10.3 Å². The van der Waals surface area contributed by atoms with E-state index in [1.165, 1.54) is 9.88 Å². The van der Waals surface area contributed by atoms with Gasteiger partial charge in [-0.1, -0.05) is 20.8 Å². The smallest absolute Gasteiger partial charge is 0.0930 e. The lowest BCUT2D eigenvalue weighted by molar-refractivity contribution is 0.233. The summed E-state index contributed by atoms with van der Waals surface area (Å²) in [6, 6.07) is 0. The van der Waals surface area contributed by atoms with E-state index in [1.54, 1.807) is 11.3 Å². The number of aromatic nitrogens is 1. The number of aliphatic hydroxyl groups excluding tert-OH is 1. The molecule has 3 nitrogen and oxygen atoms in total. The van der Waals surface area contributed by atoms with E-state index >= 15 is 0 Å². The molecule has 0 aliphatic rings. The first kappa shape index (κ1) is 13.6. The van der Waals surface area contributed by atoms with Gasteiger partial charge in [-0.15, -0.1) is 11.3 Å². The van der Waals surface area contributed by atoms with Gasteiger partial charge in [-0.05, 0) is 11.8 Å². The molecule has 1 unspecified atom stereocenters. The van der Waals surface area contributed by atoms with Crippen molar-refractivity contribution in [3.8, 4) is 0 Å². The van der Waals surface area contributed by atoms with Gasteiger partial charge < -0.3 is 10.4 Å². The van der Waals surface area contributed by atoms with Crippen LogP contribution in [0.15, 0.2) is 6.20 Å². The van der Waals surface area contributed by atoms with Crippen molar-refractivity contribution in [2.75, 3.05) is 13.2 Å². The van der Waals surface area contributed by atoms with Crippen LogP contribution in [0.1, 0.15) is 30.7 Å². The predicted molar refractivity (Wildman–Crippen MR) is 68.6 cm³/mol. The van der Waals surface area contributed by atoms with Crippen LogP contribution in [0.3, 0.4) is 0 Å². The van der Waals surface area contributed by atoms with Crippen LogP contribution in [-0.4, -0.2) is 23.2 Å². The summed E-state index contributed by atoms with van der Waals surface area (Å²) in [4.78, 5) is 5.68. The molecule has 1 rings (SSSR count). The van der Waals surface area contributed by atoms with E-state index < -0.39 is 0 Å². The maximum absolute atomic E-state index is 8.89. The van der Waals surface area contributed by atoms with Gasteiger partial charge in [0.15, 0.2) is 0 Å². The van der Waals surface area contributed by atoms with E-state index in [2.05, 4.69) is 24.1 Å². The number of thiazole rings is 1. The van der Waals surface area contributed by atoms with Gasteiger partial charge in [0.05, 0.1) is 5.01 Å². The Balaban J connectivity index is 2.29. The first-order valence-electron chi connectivity index (χ1n) is 5.87. The minimum absolute atomic E-state index is 0.244. The number of hydrogen-bond acceptors (Lipinski definition) is 4. The minimum atomic E-state index is 0.244. The highest BCUT2D eigenvalue weighted by molar-refractivity contribution is 7.11. The molecule has 0 aliphatic heterocycles. The van der Waals surface area contributed by atoms with Gasteiger partial charge >= 0.3 is 0 Å². The van der Waals surface area contributed by atoms with E-state index in [9.17, 15) is 0 Å². The van der Waals surface area contributed by atoms with Gasteiger partial charge in [-0.2, -0.15) is 0 Å². The molecule has 1 atom stereocenters. The Labute approximate surface area is 102 Å². The van der Waals surface area contributed by atoms with Crippen LogP contribution in [0.2, 0.25) is 0 Å². The molecule has 1 heterocycles. The Bertz CT molecular complexity index is 299. The largest absolute Gasteiger partial charge is 0.396 e. The Morgan fingerprint density at radius 3 is 2.81 bits per heavy atom. The van der Waals surface area contributed by atoms with Crippen LogP contribution in [0.5, 0.6) is 0 Å². The number of rotatable bonds is 7. The van der Waals surface area contributed by atoms with Crippen molar-refractivity contribution >= 4 is 11.3 Å². The van der Waals surface area contributed by atoms with E-state index in [0.29, 0.717) is 11.8 Å². The molecule has 1 aromatic rings. The van der Waals surface area contributed by atoms with Crippen molar-refractivity contribution in [1.29, 1.82) is 0 Å². The monoisotopic (exact) mass is 242 g/mol. The molecular weight excluding hydrogens is 220 g/mol. The van der Waals surface area contributed by atoms with Crippen LogP contribution in [0.25, 0.3) is 0 Å². The first-order chi connectivity index (χ1) is 7.61. The zero-order chi connectivity index (χ0) is 12.0. The molecule has 0 radical (unpaired) electrons. The second kappa shape index (κ2) is 6.99. The highest BCUT2D eigenvalue weighted by atomic mass is 32.1. The van der Waals surface area contributed by atoms with Crippen LogP contribution >= 0.6 is 11.3 Å². The average Bonchev–Trinajstić information content (AvgIpc) is 2.64. The van der Waals surface area contributed by atoms with Crippen LogP contribution in [0, 0.1) is 11.8 Å². The zero-order valence-corrected chi connectivity index (χ0v) is 11.2. The summed E-state index contributed by atoms with van der Waals surface area (Å²) < 4.78 is 0. The SMILES string of the molecule is CC(C)Cc1ncc(CNCC(C)CO)s1. The van der Waals surface area contributed by atoms with Gasteiger partial charge in [0, 0.05) is 37.2 Å².